The van der Waals surface area contributed by atoms with E-state index in [0.29, 0.717) is 5.56 Å². The van der Waals surface area contributed by atoms with Gasteiger partial charge in [-0.2, -0.15) is 13.2 Å². The van der Waals surface area contributed by atoms with Crippen molar-refractivity contribution in [3.8, 4) is 0 Å². The SMILES string of the molecule is Cc1cc(NS(=O)(=O)CCCC(F)(F)F)sc1C(=O)O. The Labute approximate surface area is 117 Å². The van der Waals surface area contributed by atoms with Crippen molar-refractivity contribution in [2.24, 2.45) is 0 Å². The predicted octanol–water partition coefficient (Wildman–Crippen LogP) is 2.84. The van der Waals surface area contributed by atoms with Gasteiger partial charge in [0.2, 0.25) is 10.0 Å². The van der Waals surface area contributed by atoms with Gasteiger partial charge in [-0.25, -0.2) is 13.2 Å². The van der Waals surface area contributed by atoms with Gasteiger partial charge in [0.1, 0.15) is 9.88 Å². The zero-order chi connectivity index (χ0) is 15.6. The first kappa shape index (κ1) is 16.8. The highest BCUT2D eigenvalue weighted by Crippen LogP contribution is 2.28. The number of carboxylic acids is 1. The quantitative estimate of drug-likeness (QED) is 0.839. The normalized spacial score (nSPS) is 12.4. The molecular formula is C10H12F3NO4S2. The fourth-order valence-electron chi connectivity index (χ4n) is 1.41. The lowest BCUT2D eigenvalue weighted by Gasteiger charge is -2.07. The molecule has 1 aromatic heterocycles. The van der Waals surface area contributed by atoms with Crippen molar-refractivity contribution in [2.45, 2.75) is 25.9 Å². The van der Waals surface area contributed by atoms with Crippen molar-refractivity contribution < 1.29 is 31.5 Å². The maximum atomic E-state index is 11.9. The first-order chi connectivity index (χ1) is 9.00. The second kappa shape index (κ2) is 6.00. The van der Waals surface area contributed by atoms with Crippen LogP contribution >= 0.6 is 11.3 Å². The molecule has 0 unspecified atom stereocenters. The van der Waals surface area contributed by atoms with E-state index in [1.54, 1.807) is 0 Å². The third kappa shape index (κ3) is 5.37. The average Bonchev–Trinajstić information content (AvgIpc) is 2.55. The van der Waals surface area contributed by atoms with E-state index in [2.05, 4.69) is 4.72 Å². The van der Waals surface area contributed by atoms with Gasteiger partial charge in [0.25, 0.3) is 0 Å². The van der Waals surface area contributed by atoms with Crippen LogP contribution in [0.15, 0.2) is 6.07 Å². The first-order valence-corrected chi connectivity index (χ1v) is 7.88. The number of hydrogen-bond donors (Lipinski definition) is 2. The fraction of sp³-hybridized carbons (Fsp3) is 0.500. The first-order valence-electron chi connectivity index (χ1n) is 5.41. The molecule has 1 rings (SSSR count). The number of nitrogens with one attached hydrogen (secondary N) is 1. The van der Waals surface area contributed by atoms with Crippen LogP contribution in [0.4, 0.5) is 18.2 Å². The summed E-state index contributed by atoms with van der Waals surface area (Å²) in [5, 5.41) is 8.89. The largest absolute Gasteiger partial charge is 0.477 e. The minimum Gasteiger partial charge on any atom is -0.477 e. The van der Waals surface area contributed by atoms with Crippen LogP contribution in [0.25, 0.3) is 0 Å². The van der Waals surface area contributed by atoms with Gasteiger partial charge in [0, 0.05) is 6.42 Å². The summed E-state index contributed by atoms with van der Waals surface area (Å²) in [6, 6.07) is 1.33. The second-order valence-corrected chi connectivity index (χ2v) is 6.96. The summed E-state index contributed by atoms with van der Waals surface area (Å²) in [7, 11) is -3.92. The molecule has 10 heteroatoms. The van der Waals surface area contributed by atoms with E-state index < -0.39 is 40.8 Å². The van der Waals surface area contributed by atoms with Gasteiger partial charge < -0.3 is 5.11 Å². The Morgan fingerprint density at radius 3 is 2.50 bits per heavy atom. The monoisotopic (exact) mass is 331 g/mol. The maximum absolute atomic E-state index is 11.9. The highest BCUT2D eigenvalue weighted by molar-refractivity contribution is 7.92. The van der Waals surface area contributed by atoms with Crippen LogP contribution in [0, 0.1) is 6.92 Å². The zero-order valence-electron chi connectivity index (χ0n) is 10.3. The molecule has 1 aromatic rings. The highest BCUT2D eigenvalue weighted by Gasteiger charge is 2.27. The molecule has 20 heavy (non-hydrogen) atoms. The Hall–Kier alpha value is -1.29. The molecule has 0 aliphatic rings. The van der Waals surface area contributed by atoms with E-state index in [9.17, 15) is 26.4 Å². The molecule has 0 radical (unpaired) electrons. The van der Waals surface area contributed by atoms with Gasteiger partial charge in [-0.05, 0) is 25.0 Å². The van der Waals surface area contributed by atoms with Gasteiger partial charge >= 0.3 is 12.1 Å². The Kier molecular flexibility index (Phi) is 5.03. The minimum atomic E-state index is -4.40. The lowest BCUT2D eigenvalue weighted by Crippen LogP contribution is -2.18. The van der Waals surface area contributed by atoms with Gasteiger partial charge in [-0.15, -0.1) is 11.3 Å². The summed E-state index contributed by atoms with van der Waals surface area (Å²) in [5.74, 6) is -1.86. The molecule has 0 aliphatic carbocycles. The number of anilines is 1. The van der Waals surface area contributed by atoms with Gasteiger partial charge in [0.15, 0.2) is 0 Å². The summed E-state index contributed by atoms with van der Waals surface area (Å²) >= 11 is 0.721. The third-order valence-electron chi connectivity index (χ3n) is 2.24. The molecule has 0 fully saturated rings. The lowest BCUT2D eigenvalue weighted by atomic mass is 10.3. The summed E-state index contributed by atoms with van der Waals surface area (Å²) in [4.78, 5) is 10.8. The van der Waals surface area contributed by atoms with Crippen molar-refractivity contribution in [3.63, 3.8) is 0 Å². The zero-order valence-corrected chi connectivity index (χ0v) is 12.0. The molecule has 114 valence electrons. The molecule has 0 saturated carbocycles. The Bertz CT molecular complexity index is 592. The summed E-state index contributed by atoms with van der Waals surface area (Å²) in [6.07, 6.45) is -6.13. The van der Waals surface area contributed by atoms with Crippen molar-refractivity contribution in [2.75, 3.05) is 10.5 Å². The molecule has 0 spiro atoms. The molecule has 0 aromatic carbocycles. The molecule has 0 amide bonds. The van der Waals surface area contributed by atoms with Crippen LogP contribution in [0.5, 0.6) is 0 Å². The van der Waals surface area contributed by atoms with E-state index in [0.717, 1.165) is 11.3 Å². The predicted molar refractivity (Wildman–Crippen MR) is 68.7 cm³/mol. The van der Waals surface area contributed by atoms with E-state index in [4.69, 9.17) is 5.11 Å². The second-order valence-electron chi connectivity index (χ2n) is 4.07. The van der Waals surface area contributed by atoms with Crippen LogP contribution in [-0.2, 0) is 10.0 Å². The molecular weight excluding hydrogens is 319 g/mol. The van der Waals surface area contributed by atoms with Crippen LogP contribution in [0.1, 0.15) is 28.1 Å². The third-order valence-corrected chi connectivity index (χ3v) is 4.87. The van der Waals surface area contributed by atoms with Crippen LogP contribution in [-0.4, -0.2) is 31.4 Å². The molecule has 0 bridgehead atoms. The number of carbonyl (C=O) groups is 1. The van der Waals surface area contributed by atoms with Gasteiger partial charge in [-0.3, -0.25) is 4.72 Å². The van der Waals surface area contributed by atoms with Crippen LogP contribution in [0.2, 0.25) is 0 Å². The van der Waals surface area contributed by atoms with Crippen LogP contribution < -0.4 is 4.72 Å². The number of sulfonamides is 1. The Morgan fingerprint density at radius 2 is 2.05 bits per heavy atom. The topological polar surface area (TPSA) is 83.5 Å². The minimum absolute atomic E-state index is 0.0157. The molecule has 0 aliphatic heterocycles. The number of hydrogen-bond acceptors (Lipinski definition) is 4. The number of thiophene rings is 1. The Balaban J connectivity index is 2.67. The van der Waals surface area contributed by atoms with Crippen molar-refractivity contribution >= 4 is 32.3 Å². The molecule has 2 N–H and O–H groups in total. The van der Waals surface area contributed by atoms with E-state index in [-0.39, 0.29) is 9.88 Å². The van der Waals surface area contributed by atoms with Crippen molar-refractivity contribution in [3.05, 3.63) is 16.5 Å². The van der Waals surface area contributed by atoms with E-state index in [1.807, 2.05) is 0 Å². The number of aromatic carboxylic acids is 1. The smallest absolute Gasteiger partial charge is 0.389 e. The van der Waals surface area contributed by atoms with E-state index >= 15 is 0 Å². The summed E-state index contributed by atoms with van der Waals surface area (Å²) < 4.78 is 61.0. The van der Waals surface area contributed by atoms with Crippen molar-refractivity contribution in [1.29, 1.82) is 0 Å². The average molecular weight is 331 g/mol. The summed E-state index contributed by atoms with van der Waals surface area (Å²) in [5.41, 5.74) is 0.385. The fourth-order valence-corrected chi connectivity index (χ4v) is 3.71. The standard InChI is InChI=1S/C10H12F3NO4S2/c1-6-5-7(19-8(6)9(15)16)14-20(17,18)4-2-3-10(11,12)13/h5,14H,2-4H2,1H3,(H,15,16). The summed E-state index contributed by atoms with van der Waals surface area (Å²) in [6.45, 7) is 1.50. The number of rotatable bonds is 6. The Morgan fingerprint density at radius 1 is 1.45 bits per heavy atom. The van der Waals surface area contributed by atoms with Gasteiger partial charge in [0.05, 0.1) is 5.75 Å². The van der Waals surface area contributed by atoms with E-state index in [1.165, 1.54) is 13.0 Å². The number of halogens is 3. The molecule has 0 atom stereocenters. The number of carboxylic acid groups (broad SMARTS) is 1. The van der Waals surface area contributed by atoms with Gasteiger partial charge in [-0.1, -0.05) is 0 Å². The maximum Gasteiger partial charge on any atom is 0.389 e. The van der Waals surface area contributed by atoms with Crippen molar-refractivity contribution in [1.82, 2.24) is 0 Å². The molecule has 1 heterocycles. The molecule has 5 nitrogen and oxygen atoms in total. The number of alkyl halides is 3. The molecule has 0 saturated heterocycles. The lowest BCUT2D eigenvalue weighted by molar-refractivity contribution is -0.134. The van der Waals surface area contributed by atoms with Crippen LogP contribution in [0.3, 0.4) is 0 Å². The highest BCUT2D eigenvalue weighted by atomic mass is 32.2. The number of aryl methyl sites for hydroxylation is 1.